The molecule has 0 bridgehead atoms. The lowest BCUT2D eigenvalue weighted by molar-refractivity contribution is 0.281. The summed E-state index contributed by atoms with van der Waals surface area (Å²) >= 11 is 1.79. The quantitative estimate of drug-likeness (QED) is 0.799. The van der Waals surface area contributed by atoms with E-state index in [9.17, 15) is 5.11 Å². The molecule has 1 aromatic carbocycles. The zero-order valence-corrected chi connectivity index (χ0v) is 9.32. The maximum Gasteiger partial charge on any atom is 0.0684 e. The van der Waals surface area contributed by atoms with Gasteiger partial charge in [0.2, 0.25) is 0 Å². The fourth-order valence-electron chi connectivity index (χ4n) is 1.72. The van der Waals surface area contributed by atoms with E-state index in [1.165, 1.54) is 21.2 Å². The number of fused-ring (bicyclic) bond motifs is 1. The number of aliphatic hydroxyl groups is 1. The van der Waals surface area contributed by atoms with Crippen LogP contribution in [0.5, 0.6) is 0 Å². The van der Waals surface area contributed by atoms with E-state index in [2.05, 4.69) is 31.4 Å². The van der Waals surface area contributed by atoms with Gasteiger partial charge in [-0.1, -0.05) is 6.92 Å². The normalized spacial score (nSPS) is 11.1. The molecule has 0 unspecified atom stereocenters. The van der Waals surface area contributed by atoms with Crippen LogP contribution in [0.15, 0.2) is 17.5 Å². The van der Waals surface area contributed by atoms with Gasteiger partial charge in [-0.25, -0.2) is 0 Å². The molecule has 0 saturated heterocycles. The molecule has 0 aliphatic carbocycles. The number of benzene rings is 1. The molecule has 0 saturated carbocycles. The van der Waals surface area contributed by atoms with Crippen molar-refractivity contribution in [2.24, 2.45) is 0 Å². The molecule has 14 heavy (non-hydrogen) atoms. The summed E-state index contributed by atoms with van der Waals surface area (Å²) in [5.41, 5.74) is 3.62. The molecule has 0 spiro atoms. The van der Waals surface area contributed by atoms with E-state index in [1.54, 1.807) is 11.3 Å². The van der Waals surface area contributed by atoms with Crippen LogP contribution in [-0.4, -0.2) is 5.11 Å². The summed E-state index contributed by atoms with van der Waals surface area (Å²) in [7, 11) is 0. The van der Waals surface area contributed by atoms with Crippen LogP contribution in [0.4, 0.5) is 0 Å². The minimum atomic E-state index is 0.140. The minimum absolute atomic E-state index is 0.140. The van der Waals surface area contributed by atoms with Crippen LogP contribution in [0.25, 0.3) is 10.1 Å². The summed E-state index contributed by atoms with van der Waals surface area (Å²) in [6.45, 7) is 4.36. The van der Waals surface area contributed by atoms with Crippen molar-refractivity contribution < 1.29 is 5.11 Å². The van der Waals surface area contributed by atoms with Crippen LogP contribution in [-0.2, 0) is 13.0 Å². The van der Waals surface area contributed by atoms with Crippen LogP contribution in [0.3, 0.4) is 0 Å². The zero-order valence-electron chi connectivity index (χ0n) is 8.50. The van der Waals surface area contributed by atoms with Crippen LogP contribution in [0.1, 0.15) is 23.6 Å². The molecule has 0 aliphatic rings. The Hall–Kier alpha value is -0.860. The Balaban J connectivity index is 2.70. The van der Waals surface area contributed by atoms with Crippen LogP contribution >= 0.6 is 11.3 Å². The van der Waals surface area contributed by atoms with E-state index in [1.807, 2.05) is 0 Å². The average Bonchev–Trinajstić information content (AvgIpc) is 2.58. The Morgan fingerprint density at radius 1 is 1.29 bits per heavy atom. The van der Waals surface area contributed by atoms with E-state index >= 15 is 0 Å². The van der Waals surface area contributed by atoms with Gasteiger partial charge < -0.3 is 5.11 Å². The van der Waals surface area contributed by atoms with Crippen molar-refractivity contribution in [3.05, 3.63) is 34.2 Å². The summed E-state index contributed by atoms with van der Waals surface area (Å²) in [6, 6.07) is 4.30. The Labute approximate surface area is 88.0 Å². The predicted molar refractivity (Wildman–Crippen MR) is 61.9 cm³/mol. The monoisotopic (exact) mass is 206 g/mol. The van der Waals surface area contributed by atoms with Crippen molar-refractivity contribution >= 4 is 21.4 Å². The SMILES string of the molecule is CCc1csc2cc(C)c(CO)cc12. The number of aliphatic hydroxyl groups excluding tert-OH is 1. The topological polar surface area (TPSA) is 20.2 Å². The van der Waals surface area contributed by atoms with Crippen LogP contribution < -0.4 is 0 Å². The zero-order chi connectivity index (χ0) is 10.1. The average molecular weight is 206 g/mol. The molecule has 0 atom stereocenters. The Bertz CT molecular complexity index is 457. The first kappa shape index (κ1) is 9.69. The summed E-state index contributed by atoms with van der Waals surface area (Å²) in [4.78, 5) is 0. The maximum atomic E-state index is 9.18. The fourth-order valence-corrected chi connectivity index (χ4v) is 2.84. The number of hydrogen-bond acceptors (Lipinski definition) is 2. The van der Waals surface area contributed by atoms with Gasteiger partial charge in [-0.2, -0.15) is 0 Å². The molecule has 1 heterocycles. The van der Waals surface area contributed by atoms with Gasteiger partial charge in [-0.05, 0) is 52.9 Å². The summed E-state index contributed by atoms with van der Waals surface area (Å²) in [5, 5.41) is 12.7. The van der Waals surface area contributed by atoms with Crippen LogP contribution in [0, 0.1) is 6.92 Å². The third-order valence-corrected chi connectivity index (χ3v) is 3.66. The first-order chi connectivity index (χ1) is 6.76. The standard InChI is InChI=1S/C12H14OS/c1-3-9-7-14-12-4-8(2)10(6-13)5-11(9)12/h4-5,7,13H,3,6H2,1-2H3. The number of aryl methyl sites for hydroxylation is 2. The highest BCUT2D eigenvalue weighted by atomic mass is 32.1. The predicted octanol–water partition coefficient (Wildman–Crippen LogP) is 3.26. The molecule has 74 valence electrons. The molecule has 0 radical (unpaired) electrons. The number of hydrogen-bond donors (Lipinski definition) is 1. The number of rotatable bonds is 2. The highest BCUT2D eigenvalue weighted by Crippen LogP contribution is 2.29. The lowest BCUT2D eigenvalue weighted by atomic mass is 10.0. The second kappa shape index (κ2) is 3.71. The first-order valence-corrected chi connectivity index (χ1v) is 5.74. The van der Waals surface area contributed by atoms with Gasteiger partial charge in [-0.15, -0.1) is 11.3 Å². The third-order valence-electron chi connectivity index (χ3n) is 2.66. The third kappa shape index (κ3) is 1.45. The highest BCUT2D eigenvalue weighted by Gasteiger charge is 2.05. The molecule has 2 heteroatoms. The van der Waals surface area contributed by atoms with Crippen molar-refractivity contribution in [3.8, 4) is 0 Å². The van der Waals surface area contributed by atoms with E-state index in [-0.39, 0.29) is 6.61 Å². The summed E-state index contributed by atoms with van der Waals surface area (Å²) in [6.07, 6.45) is 1.06. The maximum absolute atomic E-state index is 9.18. The minimum Gasteiger partial charge on any atom is -0.392 e. The molecular formula is C12H14OS. The van der Waals surface area contributed by atoms with Crippen LogP contribution in [0.2, 0.25) is 0 Å². The largest absolute Gasteiger partial charge is 0.392 e. The molecule has 1 aromatic heterocycles. The summed E-state index contributed by atoms with van der Waals surface area (Å²) in [5.74, 6) is 0. The van der Waals surface area contributed by atoms with Crippen molar-refractivity contribution in [2.45, 2.75) is 26.9 Å². The lowest BCUT2D eigenvalue weighted by Crippen LogP contribution is -1.88. The van der Waals surface area contributed by atoms with E-state index in [4.69, 9.17) is 0 Å². The molecular weight excluding hydrogens is 192 g/mol. The van der Waals surface area contributed by atoms with Gasteiger partial charge in [0.25, 0.3) is 0 Å². The van der Waals surface area contributed by atoms with Crippen molar-refractivity contribution in [1.29, 1.82) is 0 Å². The van der Waals surface area contributed by atoms with Gasteiger partial charge in [-0.3, -0.25) is 0 Å². The first-order valence-electron chi connectivity index (χ1n) is 4.86. The Morgan fingerprint density at radius 3 is 2.71 bits per heavy atom. The van der Waals surface area contributed by atoms with Crippen molar-refractivity contribution in [1.82, 2.24) is 0 Å². The Morgan fingerprint density at radius 2 is 2.07 bits per heavy atom. The van der Waals surface area contributed by atoms with E-state index < -0.39 is 0 Å². The molecule has 1 N–H and O–H groups in total. The highest BCUT2D eigenvalue weighted by molar-refractivity contribution is 7.17. The molecule has 2 rings (SSSR count). The smallest absolute Gasteiger partial charge is 0.0684 e. The van der Waals surface area contributed by atoms with E-state index in [0.29, 0.717) is 0 Å². The van der Waals surface area contributed by atoms with Crippen molar-refractivity contribution in [2.75, 3.05) is 0 Å². The second-order valence-electron chi connectivity index (χ2n) is 3.55. The molecule has 2 aromatic rings. The fraction of sp³-hybridized carbons (Fsp3) is 0.333. The van der Waals surface area contributed by atoms with E-state index in [0.717, 1.165) is 12.0 Å². The van der Waals surface area contributed by atoms with Crippen molar-refractivity contribution in [3.63, 3.8) is 0 Å². The molecule has 0 amide bonds. The molecule has 1 nitrogen and oxygen atoms in total. The second-order valence-corrected chi connectivity index (χ2v) is 4.46. The van der Waals surface area contributed by atoms with Gasteiger partial charge in [0.1, 0.15) is 0 Å². The molecule has 0 aliphatic heterocycles. The van der Waals surface area contributed by atoms with Gasteiger partial charge in [0.15, 0.2) is 0 Å². The van der Waals surface area contributed by atoms with Gasteiger partial charge in [0, 0.05) is 4.70 Å². The lowest BCUT2D eigenvalue weighted by Gasteiger charge is -2.03. The molecule has 0 fully saturated rings. The summed E-state index contributed by atoms with van der Waals surface area (Å²) < 4.78 is 1.33. The Kier molecular flexibility index (Phi) is 2.57. The van der Waals surface area contributed by atoms with Gasteiger partial charge in [0.05, 0.1) is 6.61 Å². The van der Waals surface area contributed by atoms with Gasteiger partial charge >= 0.3 is 0 Å². The number of thiophene rings is 1.